The Morgan fingerprint density at radius 3 is 2.55 bits per heavy atom. The molecule has 0 aromatic carbocycles. The van der Waals surface area contributed by atoms with E-state index in [1.54, 1.807) is 12.0 Å². The molecule has 8 nitrogen and oxygen atoms in total. The van der Waals surface area contributed by atoms with Crippen LogP contribution in [0.4, 0.5) is 4.79 Å². The lowest BCUT2D eigenvalue weighted by atomic mass is 9.68. The van der Waals surface area contributed by atoms with Gasteiger partial charge in [-0.1, -0.05) is 11.6 Å². The van der Waals surface area contributed by atoms with Crippen molar-refractivity contribution in [2.24, 2.45) is 5.92 Å². The largest absolute Gasteiger partial charge is 0.443 e. The molecular weight excluding hydrogens is 400 g/mol. The van der Waals surface area contributed by atoms with Crippen molar-refractivity contribution >= 4 is 6.09 Å². The van der Waals surface area contributed by atoms with Gasteiger partial charge in [0.15, 0.2) is 0 Å². The van der Waals surface area contributed by atoms with Gasteiger partial charge >= 0.3 is 6.09 Å². The van der Waals surface area contributed by atoms with E-state index in [4.69, 9.17) is 24.1 Å². The maximum absolute atomic E-state index is 12.9. The third-order valence-electron chi connectivity index (χ3n) is 7.54. The van der Waals surface area contributed by atoms with Crippen molar-refractivity contribution in [1.82, 2.24) is 9.80 Å². The molecule has 3 heterocycles. The summed E-state index contributed by atoms with van der Waals surface area (Å²) in [6.45, 7) is 10.6. The molecule has 4 aliphatic rings. The first-order valence-electron chi connectivity index (χ1n) is 11.6. The molecule has 3 saturated heterocycles. The van der Waals surface area contributed by atoms with Crippen LogP contribution in [0.15, 0.2) is 11.6 Å². The molecule has 1 spiro atoms. The van der Waals surface area contributed by atoms with E-state index in [9.17, 15) is 4.79 Å². The zero-order chi connectivity index (χ0) is 22.2. The number of aliphatic hydroxyl groups is 1. The smallest absolute Gasteiger partial charge is 0.410 e. The summed E-state index contributed by atoms with van der Waals surface area (Å²) >= 11 is 0. The second kappa shape index (κ2) is 8.98. The molecule has 0 aromatic heterocycles. The Morgan fingerprint density at radius 1 is 1.26 bits per heavy atom. The Labute approximate surface area is 185 Å². The van der Waals surface area contributed by atoms with Crippen LogP contribution in [0.3, 0.4) is 0 Å². The number of hydrogen-bond acceptors (Lipinski definition) is 7. The van der Waals surface area contributed by atoms with E-state index in [2.05, 4.69) is 31.7 Å². The summed E-state index contributed by atoms with van der Waals surface area (Å²) in [5.41, 5.74) is 0.742. The normalized spacial score (nSPS) is 40.0. The van der Waals surface area contributed by atoms with Crippen LogP contribution in [0.1, 0.15) is 40.0 Å². The SMILES string of the molecule is CO[C@@H]1[C@H](OC(=O)N2CCN(CCO)CC2)CC[C@]2(CO2)[C@H]1[C@]1(C)O[C@@H]1CC=C(C)C. The Kier molecular flexibility index (Phi) is 6.66. The predicted octanol–water partition coefficient (Wildman–Crippen LogP) is 1.81. The van der Waals surface area contributed by atoms with E-state index < -0.39 is 0 Å². The molecule has 0 aromatic rings. The van der Waals surface area contributed by atoms with Gasteiger partial charge < -0.3 is 29.0 Å². The van der Waals surface area contributed by atoms with Crippen molar-refractivity contribution in [1.29, 1.82) is 0 Å². The van der Waals surface area contributed by atoms with Gasteiger partial charge in [0, 0.05) is 39.8 Å². The monoisotopic (exact) mass is 438 g/mol. The van der Waals surface area contributed by atoms with E-state index in [1.807, 2.05) is 0 Å². The Hall–Kier alpha value is -1.19. The minimum Gasteiger partial charge on any atom is -0.443 e. The molecule has 3 aliphatic heterocycles. The summed E-state index contributed by atoms with van der Waals surface area (Å²) in [4.78, 5) is 16.8. The predicted molar refractivity (Wildman–Crippen MR) is 115 cm³/mol. The lowest BCUT2D eigenvalue weighted by molar-refractivity contribution is -0.122. The number of allylic oxidation sites excluding steroid dienone is 1. The second-order valence-electron chi connectivity index (χ2n) is 9.85. The molecule has 0 unspecified atom stereocenters. The molecule has 8 heteroatoms. The lowest BCUT2D eigenvalue weighted by Crippen LogP contribution is -2.57. The van der Waals surface area contributed by atoms with Gasteiger partial charge in [-0.05, 0) is 40.0 Å². The molecule has 1 amide bonds. The molecule has 4 rings (SSSR count). The molecule has 1 saturated carbocycles. The number of ether oxygens (including phenoxy) is 4. The molecule has 1 aliphatic carbocycles. The highest BCUT2D eigenvalue weighted by molar-refractivity contribution is 5.68. The van der Waals surface area contributed by atoms with Gasteiger partial charge in [0.1, 0.15) is 23.4 Å². The van der Waals surface area contributed by atoms with Crippen LogP contribution in [-0.2, 0) is 18.9 Å². The average Bonchev–Trinajstić information content (AvgIpc) is 3.66. The zero-order valence-corrected chi connectivity index (χ0v) is 19.3. The number of carbonyl (C=O) groups excluding carboxylic acids is 1. The van der Waals surface area contributed by atoms with Crippen molar-refractivity contribution in [3.8, 4) is 0 Å². The van der Waals surface area contributed by atoms with Crippen LogP contribution in [0.25, 0.3) is 0 Å². The van der Waals surface area contributed by atoms with Crippen molar-refractivity contribution in [2.75, 3.05) is 53.0 Å². The first-order valence-corrected chi connectivity index (χ1v) is 11.6. The van der Waals surface area contributed by atoms with E-state index >= 15 is 0 Å². The molecular formula is C23H38N2O6. The molecule has 31 heavy (non-hydrogen) atoms. The second-order valence-corrected chi connectivity index (χ2v) is 9.85. The fourth-order valence-corrected chi connectivity index (χ4v) is 5.57. The van der Waals surface area contributed by atoms with Crippen LogP contribution in [0.5, 0.6) is 0 Å². The third-order valence-corrected chi connectivity index (χ3v) is 7.54. The van der Waals surface area contributed by atoms with Crippen LogP contribution in [-0.4, -0.2) is 104 Å². The van der Waals surface area contributed by atoms with E-state index in [0.29, 0.717) is 19.6 Å². The molecule has 0 bridgehead atoms. The Morgan fingerprint density at radius 2 is 1.97 bits per heavy atom. The fraction of sp³-hybridized carbons (Fsp3) is 0.870. The molecule has 6 atom stereocenters. The molecule has 4 fully saturated rings. The van der Waals surface area contributed by atoms with Crippen molar-refractivity contribution < 1.29 is 28.8 Å². The van der Waals surface area contributed by atoms with Gasteiger partial charge in [-0.25, -0.2) is 4.79 Å². The summed E-state index contributed by atoms with van der Waals surface area (Å²) in [5.74, 6) is 0.0357. The van der Waals surface area contributed by atoms with Crippen molar-refractivity contribution in [3.05, 3.63) is 11.6 Å². The van der Waals surface area contributed by atoms with E-state index in [0.717, 1.165) is 39.0 Å². The van der Waals surface area contributed by atoms with E-state index in [-0.39, 0.29) is 48.1 Å². The number of rotatable bonds is 7. The van der Waals surface area contributed by atoms with E-state index in [1.165, 1.54) is 5.57 Å². The quantitative estimate of drug-likeness (QED) is 0.479. The standard InChI is InChI=1S/C23H38N2O6/c1-16(2)5-6-18-22(3,31-18)20-19(28-4)17(7-8-23(20)15-29-23)30-21(27)25-11-9-24(10-12-25)13-14-26/h5,17-20,26H,6-15H2,1-4H3/t17-,18-,19-,20-,22-,23+/m1/s1. The van der Waals surface area contributed by atoms with Gasteiger partial charge in [-0.3, -0.25) is 4.90 Å². The van der Waals surface area contributed by atoms with Gasteiger partial charge in [0.05, 0.1) is 25.2 Å². The average molecular weight is 439 g/mol. The highest BCUT2D eigenvalue weighted by atomic mass is 16.6. The van der Waals surface area contributed by atoms with Crippen molar-refractivity contribution in [2.45, 2.75) is 69.5 Å². The minimum atomic E-state index is -0.329. The van der Waals surface area contributed by atoms with Crippen LogP contribution in [0.2, 0.25) is 0 Å². The number of epoxide rings is 2. The lowest BCUT2D eigenvalue weighted by Gasteiger charge is -2.43. The Balaban J connectivity index is 1.40. The summed E-state index contributed by atoms with van der Waals surface area (Å²) in [6.07, 6.45) is 3.99. The number of piperazine rings is 1. The summed E-state index contributed by atoms with van der Waals surface area (Å²) in [5, 5.41) is 9.10. The maximum Gasteiger partial charge on any atom is 0.410 e. The number of methoxy groups -OCH3 is 1. The highest BCUT2D eigenvalue weighted by Gasteiger charge is 2.72. The fourth-order valence-electron chi connectivity index (χ4n) is 5.57. The molecule has 1 N–H and O–H groups in total. The number of aliphatic hydroxyl groups excluding tert-OH is 1. The number of carbonyl (C=O) groups is 1. The minimum absolute atomic E-state index is 0.0357. The number of nitrogens with zero attached hydrogens (tertiary/aromatic N) is 2. The van der Waals surface area contributed by atoms with Gasteiger partial charge in [-0.15, -0.1) is 0 Å². The van der Waals surface area contributed by atoms with Crippen LogP contribution < -0.4 is 0 Å². The van der Waals surface area contributed by atoms with Gasteiger partial charge in [0.25, 0.3) is 0 Å². The summed E-state index contributed by atoms with van der Waals surface area (Å²) < 4.78 is 24.2. The van der Waals surface area contributed by atoms with Crippen molar-refractivity contribution in [3.63, 3.8) is 0 Å². The summed E-state index contributed by atoms with van der Waals surface area (Å²) in [6, 6.07) is 0. The number of β-amino-alcohol motifs (C(OH)–C–C–N with tert-alkyl or cyclic N) is 1. The first kappa shape index (κ1) is 23.0. The first-order chi connectivity index (χ1) is 14.8. The topological polar surface area (TPSA) is 87.3 Å². The number of amides is 1. The highest BCUT2D eigenvalue weighted by Crippen LogP contribution is 2.59. The zero-order valence-electron chi connectivity index (χ0n) is 19.3. The summed E-state index contributed by atoms with van der Waals surface area (Å²) in [7, 11) is 1.70. The Bertz CT molecular complexity index is 684. The molecule has 176 valence electrons. The maximum atomic E-state index is 12.9. The number of hydrogen-bond donors (Lipinski definition) is 1. The van der Waals surface area contributed by atoms with Crippen LogP contribution >= 0.6 is 0 Å². The van der Waals surface area contributed by atoms with Gasteiger partial charge in [0.2, 0.25) is 0 Å². The molecule has 0 radical (unpaired) electrons. The van der Waals surface area contributed by atoms with Gasteiger partial charge in [-0.2, -0.15) is 0 Å². The van der Waals surface area contributed by atoms with Crippen LogP contribution in [0, 0.1) is 5.92 Å². The third kappa shape index (κ3) is 4.64.